The van der Waals surface area contributed by atoms with E-state index >= 15 is 0 Å². The van der Waals surface area contributed by atoms with Gasteiger partial charge in [0, 0.05) is 29.6 Å². The molecule has 1 aromatic heterocycles. The van der Waals surface area contributed by atoms with Gasteiger partial charge in [0.2, 0.25) is 5.91 Å². The number of halogens is 1. The van der Waals surface area contributed by atoms with Crippen molar-refractivity contribution in [2.45, 2.75) is 33.2 Å². The van der Waals surface area contributed by atoms with Gasteiger partial charge in [0.05, 0.1) is 5.69 Å². The van der Waals surface area contributed by atoms with Gasteiger partial charge < -0.3 is 16.4 Å². The van der Waals surface area contributed by atoms with Crippen LogP contribution in [0.2, 0.25) is 5.15 Å². The molecule has 0 aliphatic heterocycles. The van der Waals surface area contributed by atoms with Crippen LogP contribution in [0.1, 0.15) is 31.0 Å². The number of amides is 3. The Balaban J connectivity index is 2.06. The first kappa shape index (κ1) is 19.5. The second kappa shape index (κ2) is 9.05. The van der Waals surface area contributed by atoms with Crippen molar-refractivity contribution in [2.24, 2.45) is 5.73 Å². The zero-order valence-corrected chi connectivity index (χ0v) is 15.5. The summed E-state index contributed by atoms with van der Waals surface area (Å²) in [6.45, 7) is 4.70. The highest BCUT2D eigenvalue weighted by molar-refractivity contribution is 6.31. The van der Waals surface area contributed by atoms with E-state index in [1.54, 1.807) is 35.0 Å². The first-order valence-electron chi connectivity index (χ1n) is 8.29. The molecule has 2 rings (SSSR count). The molecule has 0 saturated carbocycles. The van der Waals surface area contributed by atoms with E-state index in [-0.39, 0.29) is 5.91 Å². The lowest BCUT2D eigenvalue weighted by Gasteiger charge is -2.05. The minimum absolute atomic E-state index is 0.321. The quantitative estimate of drug-likeness (QED) is 0.641. The first-order valence-corrected chi connectivity index (χ1v) is 8.67. The number of aromatic nitrogens is 2. The van der Waals surface area contributed by atoms with Gasteiger partial charge in [-0.15, -0.1) is 0 Å². The molecule has 0 unspecified atom stereocenters. The lowest BCUT2D eigenvalue weighted by atomic mass is 10.2. The van der Waals surface area contributed by atoms with Crippen LogP contribution in [0.15, 0.2) is 30.3 Å². The van der Waals surface area contributed by atoms with Crippen LogP contribution in [0.3, 0.4) is 0 Å². The fourth-order valence-electron chi connectivity index (χ4n) is 2.37. The van der Waals surface area contributed by atoms with Crippen molar-refractivity contribution in [1.82, 2.24) is 9.78 Å². The highest BCUT2D eigenvalue weighted by atomic mass is 35.5. The molecule has 0 saturated heterocycles. The minimum Gasteiger partial charge on any atom is -0.351 e. The summed E-state index contributed by atoms with van der Waals surface area (Å²) in [5.41, 5.74) is 7.60. The largest absolute Gasteiger partial charge is 0.351 e. The van der Waals surface area contributed by atoms with Crippen molar-refractivity contribution in [3.8, 4) is 0 Å². The minimum atomic E-state index is -0.668. The molecular formula is C18H22ClN5O2. The van der Waals surface area contributed by atoms with Crippen LogP contribution in [0, 0.1) is 6.92 Å². The second-order valence-corrected chi connectivity index (χ2v) is 6.12. The molecule has 0 radical (unpaired) electrons. The maximum Gasteiger partial charge on any atom is 0.316 e. The summed E-state index contributed by atoms with van der Waals surface area (Å²) < 4.78 is 1.75. The molecule has 8 heteroatoms. The van der Waals surface area contributed by atoms with Crippen LogP contribution in [-0.4, -0.2) is 21.7 Å². The van der Waals surface area contributed by atoms with Gasteiger partial charge in [0.15, 0.2) is 0 Å². The number of primary amides is 1. The van der Waals surface area contributed by atoms with E-state index in [1.807, 2.05) is 6.92 Å². The normalized spacial score (nSPS) is 10.9. The van der Waals surface area contributed by atoms with Gasteiger partial charge >= 0.3 is 6.03 Å². The third kappa shape index (κ3) is 5.35. The number of carbonyl (C=O) groups excluding carboxylic acids is 2. The van der Waals surface area contributed by atoms with Gasteiger partial charge in [-0.1, -0.05) is 31.0 Å². The molecule has 1 heterocycles. The molecule has 0 fully saturated rings. The number of benzene rings is 1. The number of carbonyl (C=O) groups is 2. The van der Waals surface area contributed by atoms with Crippen molar-refractivity contribution < 1.29 is 9.59 Å². The second-order valence-electron chi connectivity index (χ2n) is 5.76. The van der Waals surface area contributed by atoms with Crippen molar-refractivity contribution in [3.05, 3.63) is 46.8 Å². The van der Waals surface area contributed by atoms with E-state index in [1.165, 1.54) is 6.08 Å². The van der Waals surface area contributed by atoms with Crippen molar-refractivity contribution >= 4 is 41.0 Å². The average molecular weight is 376 g/mol. The monoisotopic (exact) mass is 375 g/mol. The van der Waals surface area contributed by atoms with Crippen molar-refractivity contribution in [1.29, 1.82) is 0 Å². The molecule has 0 bridgehead atoms. The van der Waals surface area contributed by atoms with Crippen LogP contribution in [-0.2, 0) is 11.3 Å². The van der Waals surface area contributed by atoms with Gasteiger partial charge in [-0.25, -0.2) is 4.79 Å². The standard InChI is InChI=1S/C18H22ClN5O2/c1-3-4-10-24-17(19)15(12(2)23-24)8-9-16(25)21-13-6-5-7-14(11-13)22-18(20)26/h5-9,11H,3-4,10H2,1-2H3,(H,21,25)(H3,20,22,26)/b9-8+. The van der Waals surface area contributed by atoms with Crippen LogP contribution in [0.5, 0.6) is 0 Å². The molecule has 3 amide bonds. The number of urea groups is 1. The number of rotatable bonds is 7. The summed E-state index contributed by atoms with van der Waals surface area (Å²) in [5.74, 6) is -0.321. The highest BCUT2D eigenvalue weighted by Crippen LogP contribution is 2.22. The Kier molecular flexibility index (Phi) is 6.80. The molecule has 26 heavy (non-hydrogen) atoms. The Hall–Kier alpha value is -2.80. The fourth-order valence-corrected chi connectivity index (χ4v) is 2.69. The predicted octanol–water partition coefficient (Wildman–Crippen LogP) is 3.79. The Morgan fingerprint density at radius 3 is 2.65 bits per heavy atom. The third-order valence-corrected chi connectivity index (χ3v) is 4.03. The number of hydrogen-bond acceptors (Lipinski definition) is 3. The van der Waals surface area contributed by atoms with E-state index < -0.39 is 6.03 Å². The third-order valence-electron chi connectivity index (χ3n) is 3.63. The summed E-state index contributed by atoms with van der Waals surface area (Å²) >= 11 is 6.34. The highest BCUT2D eigenvalue weighted by Gasteiger charge is 2.11. The zero-order valence-electron chi connectivity index (χ0n) is 14.8. The number of nitrogens with zero attached hydrogens (tertiary/aromatic N) is 2. The SMILES string of the molecule is CCCCn1nc(C)c(/C=C/C(=O)Nc2cccc(NC(N)=O)c2)c1Cl. The Morgan fingerprint density at radius 2 is 2.00 bits per heavy atom. The first-order chi connectivity index (χ1) is 12.4. The summed E-state index contributed by atoms with van der Waals surface area (Å²) in [5, 5.41) is 10.1. The number of aryl methyl sites for hydroxylation is 2. The smallest absolute Gasteiger partial charge is 0.316 e. The molecule has 0 atom stereocenters. The molecule has 2 aromatic rings. The molecule has 0 aliphatic carbocycles. The van der Waals surface area contributed by atoms with Crippen molar-refractivity contribution in [3.63, 3.8) is 0 Å². The Morgan fingerprint density at radius 1 is 1.31 bits per heavy atom. The number of hydrogen-bond donors (Lipinski definition) is 3. The Bertz CT molecular complexity index is 829. The number of nitrogens with one attached hydrogen (secondary N) is 2. The molecule has 7 nitrogen and oxygen atoms in total. The van der Waals surface area contributed by atoms with E-state index in [2.05, 4.69) is 22.7 Å². The van der Waals surface area contributed by atoms with Crippen LogP contribution in [0.25, 0.3) is 6.08 Å². The molecule has 4 N–H and O–H groups in total. The van der Waals surface area contributed by atoms with Gasteiger partial charge in [-0.2, -0.15) is 5.10 Å². The molecular weight excluding hydrogens is 354 g/mol. The lowest BCUT2D eigenvalue weighted by Crippen LogP contribution is -2.19. The summed E-state index contributed by atoms with van der Waals surface area (Å²) in [4.78, 5) is 23.0. The van der Waals surface area contributed by atoms with E-state index in [9.17, 15) is 9.59 Å². The van der Waals surface area contributed by atoms with Gasteiger partial charge in [-0.3, -0.25) is 9.48 Å². The Labute approximate surface area is 157 Å². The molecule has 0 aliphatic rings. The number of nitrogens with two attached hydrogens (primary N) is 1. The van der Waals surface area contributed by atoms with Crippen LogP contribution < -0.4 is 16.4 Å². The molecule has 138 valence electrons. The number of anilines is 2. The maximum atomic E-state index is 12.1. The molecule has 1 aromatic carbocycles. The van der Waals surface area contributed by atoms with Crippen LogP contribution >= 0.6 is 11.6 Å². The summed E-state index contributed by atoms with van der Waals surface area (Å²) in [6, 6.07) is 6.02. The summed E-state index contributed by atoms with van der Waals surface area (Å²) in [7, 11) is 0. The van der Waals surface area contributed by atoms with Gasteiger partial charge in [-0.05, 0) is 37.6 Å². The molecule has 0 spiro atoms. The van der Waals surface area contributed by atoms with E-state index in [0.717, 1.165) is 30.6 Å². The van der Waals surface area contributed by atoms with Crippen molar-refractivity contribution in [2.75, 3.05) is 10.6 Å². The fraction of sp³-hybridized carbons (Fsp3) is 0.278. The predicted molar refractivity (Wildman–Crippen MR) is 104 cm³/mol. The van der Waals surface area contributed by atoms with Gasteiger partial charge in [0.25, 0.3) is 0 Å². The summed E-state index contributed by atoms with van der Waals surface area (Å²) in [6.07, 6.45) is 5.08. The maximum absolute atomic E-state index is 12.1. The van der Waals surface area contributed by atoms with Crippen LogP contribution in [0.4, 0.5) is 16.2 Å². The number of unbranched alkanes of at least 4 members (excludes halogenated alkanes) is 1. The average Bonchev–Trinajstić information content (AvgIpc) is 2.84. The lowest BCUT2D eigenvalue weighted by molar-refractivity contribution is -0.111. The van der Waals surface area contributed by atoms with E-state index in [4.69, 9.17) is 17.3 Å². The van der Waals surface area contributed by atoms with E-state index in [0.29, 0.717) is 16.5 Å². The zero-order chi connectivity index (χ0) is 19.1. The topological polar surface area (TPSA) is 102 Å². The van der Waals surface area contributed by atoms with Gasteiger partial charge in [0.1, 0.15) is 5.15 Å².